The smallest absolute Gasteiger partial charge is 0.270 e. The zero-order valence-corrected chi connectivity index (χ0v) is 6.98. The van der Waals surface area contributed by atoms with Gasteiger partial charge in [-0.05, 0) is 18.6 Å². The quantitative estimate of drug-likeness (QED) is 0.497. The SMILES string of the molecule is Cc1cc([N+](=O)[O-])cc2ccoc12. The molecule has 66 valence electrons. The van der Waals surface area contributed by atoms with Gasteiger partial charge < -0.3 is 4.42 Å². The van der Waals surface area contributed by atoms with E-state index in [9.17, 15) is 10.1 Å². The molecular formula is C9H7NO3. The van der Waals surface area contributed by atoms with Crippen LogP contribution in [0.5, 0.6) is 0 Å². The van der Waals surface area contributed by atoms with Gasteiger partial charge in [-0.15, -0.1) is 0 Å². The molecule has 1 aromatic heterocycles. The standard InChI is InChI=1S/C9H7NO3/c1-6-4-8(10(11)12)5-7-2-3-13-9(6)7/h2-5H,1H3. The van der Waals surface area contributed by atoms with Crippen LogP contribution in [-0.2, 0) is 0 Å². The van der Waals surface area contributed by atoms with Crippen molar-refractivity contribution in [1.29, 1.82) is 0 Å². The molecule has 0 spiro atoms. The maximum absolute atomic E-state index is 10.5. The second-order valence-electron chi connectivity index (χ2n) is 2.86. The van der Waals surface area contributed by atoms with E-state index >= 15 is 0 Å². The van der Waals surface area contributed by atoms with Crippen LogP contribution in [0.25, 0.3) is 11.0 Å². The third-order valence-electron chi connectivity index (χ3n) is 1.93. The minimum Gasteiger partial charge on any atom is -0.464 e. The van der Waals surface area contributed by atoms with Crippen LogP contribution in [0.2, 0.25) is 0 Å². The van der Waals surface area contributed by atoms with Crippen LogP contribution in [0.15, 0.2) is 28.9 Å². The first-order chi connectivity index (χ1) is 6.18. The highest BCUT2D eigenvalue weighted by Crippen LogP contribution is 2.25. The molecule has 0 amide bonds. The molecule has 2 aromatic rings. The van der Waals surface area contributed by atoms with Crippen LogP contribution < -0.4 is 0 Å². The number of nitrogens with zero attached hydrogens (tertiary/aromatic N) is 1. The molecule has 0 unspecified atom stereocenters. The van der Waals surface area contributed by atoms with E-state index < -0.39 is 4.92 Å². The molecule has 0 bridgehead atoms. The average Bonchev–Trinajstić information content (AvgIpc) is 2.51. The van der Waals surface area contributed by atoms with Crippen molar-refractivity contribution in [1.82, 2.24) is 0 Å². The molecule has 4 heteroatoms. The van der Waals surface area contributed by atoms with Crippen molar-refractivity contribution >= 4 is 16.7 Å². The van der Waals surface area contributed by atoms with Crippen molar-refractivity contribution in [2.24, 2.45) is 0 Å². The predicted octanol–water partition coefficient (Wildman–Crippen LogP) is 2.65. The van der Waals surface area contributed by atoms with Crippen molar-refractivity contribution in [2.75, 3.05) is 0 Å². The number of hydrogen-bond donors (Lipinski definition) is 0. The van der Waals surface area contributed by atoms with E-state index in [1.807, 2.05) is 0 Å². The summed E-state index contributed by atoms with van der Waals surface area (Å²) in [5.41, 5.74) is 1.60. The van der Waals surface area contributed by atoms with Crippen molar-refractivity contribution in [3.63, 3.8) is 0 Å². The lowest BCUT2D eigenvalue weighted by Crippen LogP contribution is -1.88. The third kappa shape index (κ3) is 1.16. The largest absolute Gasteiger partial charge is 0.464 e. The van der Waals surface area contributed by atoms with E-state index in [1.54, 1.807) is 13.0 Å². The maximum Gasteiger partial charge on any atom is 0.270 e. The molecule has 0 aliphatic rings. The Morgan fingerprint density at radius 2 is 2.23 bits per heavy atom. The second kappa shape index (κ2) is 2.58. The molecule has 0 aliphatic carbocycles. The number of benzene rings is 1. The molecular weight excluding hydrogens is 170 g/mol. The van der Waals surface area contributed by atoms with Gasteiger partial charge >= 0.3 is 0 Å². The van der Waals surface area contributed by atoms with Gasteiger partial charge in [-0.3, -0.25) is 10.1 Å². The molecule has 1 heterocycles. The van der Waals surface area contributed by atoms with Crippen LogP contribution in [-0.4, -0.2) is 4.92 Å². The number of non-ortho nitro benzene ring substituents is 1. The highest BCUT2D eigenvalue weighted by molar-refractivity contribution is 5.82. The number of fused-ring (bicyclic) bond motifs is 1. The highest BCUT2D eigenvalue weighted by Gasteiger charge is 2.10. The Hall–Kier alpha value is -1.84. The van der Waals surface area contributed by atoms with Gasteiger partial charge in [-0.1, -0.05) is 0 Å². The summed E-state index contributed by atoms with van der Waals surface area (Å²) >= 11 is 0. The van der Waals surface area contributed by atoms with Gasteiger partial charge in [0, 0.05) is 17.5 Å². The zero-order chi connectivity index (χ0) is 9.42. The lowest BCUT2D eigenvalue weighted by atomic mass is 10.1. The molecule has 0 saturated carbocycles. The summed E-state index contributed by atoms with van der Waals surface area (Å²) in [6.07, 6.45) is 1.53. The molecule has 0 aliphatic heterocycles. The fourth-order valence-electron chi connectivity index (χ4n) is 1.35. The first-order valence-corrected chi connectivity index (χ1v) is 3.81. The fraction of sp³-hybridized carbons (Fsp3) is 0.111. The molecule has 13 heavy (non-hydrogen) atoms. The number of hydrogen-bond acceptors (Lipinski definition) is 3. The Morgan fingerprint density at radius 1 is 1.46 bits per heavy atom. The number of nitro benzene ring substituents is 1. The molecule has 0 atom stereocenters. The van der Waals surface area contributed by atoms with Crippen LogP contribution >= 0.6 is 0 Å². The number of rotatable bonds is 1. The van der Waals surface area contributed by atoms with E-state index in [0.717, 1.165) is 10.9 Å². The Labute approximate surface area is 73.9 Å². The molecule has 2 rings (SSSR count). The highest BCUT2D eigenvalue weighted by atomic mass is 16.6. The van der Waals surface area contributed by atoms with Gasteiger partial charge in [0.15, 0.2) is 0 Å². The summed E-state index contributed by atoms with van der Waals surface area (Å²) in [5, 5.41) is 11.3. The van der Waals surface area contributed by atoms with Crippen molar-refractivity contribution in [2.45, 2.75) is 6.92 Å². The normalized spacial score (nSPS) is 10.5. The number of aryl methyl sites for hydroxylation is 1. The van der Waals surface area contributed by atoms with Gasteiger partial charge in [0.25, 0.3) is 5.69 Å². The topological polar surface area (TPSA) is 56.3 Å². The van der Waals surface area contributed by atoms with Gasteiger partial charge in [0.05, 0.1) is 11.2 Å². The Morgan fingerprint density at radius 3 is 2.92 bits per heavy atom. The molecule has 1 aromatic carbocycles. The first kappa shape index (κ1) is 7.79. The Bertz CT molecular complexity index is 473. The van der Waals surface area contributed by atoms with E-state index in [4.69, 9.17) is 4.42 Å². The van der Waals surface area contributed by atoms with Crippen molar-refractivity contribution in [3.8, 4) is 0 Å². The van der Waals surface area contributed by atoms with E-state index in [-0.39, 0.29) is 5.69 Å². The second-order valence-corrected chi connectivity index (χ2v) is 2.86. The number of nitro groups is 1. The summed E-state index contributed by atoms with van der Waals surface area (Å²) < 4.78 is 5.16. The van der Waals surface area contributed by atoms with E-state index in [2.05, 4.69) is 0 Å². The summed E-state index contributed by atoms with van der Waals surface area (Å²) in [7, 11) is 0. The van der Waals surface area contributed by atoms with Gasteiger partial charge in [0.2, 0.25) is 0 Å². The fourth-order valence-corrected chi connectivity index (χ4v) is 1.35. The lowest BCUT2D eigenvalue weighted by Gasteiger charge is -1.95. The molecule has 0 radical (unpaired) electrons. The monoisotopic (exact) mass is 177 g/mol. The Kier molecular flexibility index (Phi) is 1.55. The van der Waals surface area contributed by atoms with Crippen LogP contribution in [0.4, 0.5) is 5.69 Å². The predicted molar refractivity (Wildman–Crippen MR) is 47.6 cm³/mol. The lowest BCUT2D eigenvalue weighted by molar-refractivity contribution is -0.384. The minimum atomic E-state index is -0.403. The summed E-state index contributed by atoms with van der Waals surface area (Å²) in [4.78, 5) is 10.1. The van der Waals surface area contributed by atoms with Gasteiger partial charge in [-0.2, -0.15) is 0 Å². The van der Waals surface area contributed by atoms with E-state index in [0.29, 0.717) is 5.58 Å². The van der Waals surface area contributed by atoms with Crippen molar-refractivity contribution < 1.29 is 9.34 Å². The summed E-state index contributed by atoms with van der Waals surface area (Å²) in [6, 6.07) is 4.73. The molecule has 4 nitrogen and oxygen atoms in total. The third-order valence-corrected chi connectivity index (χ3v) is 1.93. The Balaban J connectivity index is 2.77. The molecule has 0 fully saturated rings. The van der Waals surface area contributed by atoms with Crippen LogP contribution in [0.3, 0.4) is 0 Å². The molecule has 0 N–H and O–H groups in total. The maximum atomic E-state index is 10.5. The summed E-state index contributed by atoms with van der Waals surface area (Å²) in [6.45, 7) is 1.79. The first-order valence-electron chi connectivity index (χ1n) is 3.81. The van der Waals surface area contributed by atoms with Gasteiger partial charge in [-0.25, -0.2) is 0 Å². The van der Waals surface area contributed by atoms with Crippen LogP contribution in [0, 0.1) is 17.0 Å². The summed E-state index contributed by atoms with van der Waals surface area (Å²) in [5.74, 6) is 0. The van der Waals surface area contributed by atoms with Crippen LogP contribution in [0.1, 0.15) is 5.56 Å². The minimum absolute atomic E-state index is 0.103. The molecule has 0 saturated heterocycles. The number of furan rings is 1. The van der Waals surface area contributed by atoms with Gasteiger partial charge in [0.1, 0.15) is 5.58 Å². The van der Waals surface area contributed by atoms with Crippen molar-refractivity contribution in [3.05, 3.63) is 40.1 Å². The van der Waals surface area contributed by atoms with E-state index in [1.165, 1.54) is 18.4 Å². The zero-order valence-electron chi connectivity index (χ0n) is 6.98. The average molecular weight is 177 g/mol.